The average molecular weight is 185 g/mol. The molecular weight excluding hydrogens is 185 g/mol. The summed E-state index contributed by atoms with van der Waals surface area (Å²) in [6.45, 7) is 0. The van der Waals surface area contributed by atoms with Crippen LogP contribution in [0.4, 0.5) is 0 Å². The molecule has 0 aliphatic rings. The second-order valence-corrected chi connectivity index (χ2v) is 1.26. The Kier molecular flexibility index (Phi) is 4.88. The van der Waals surface area contributed by atoms with Crippen LogP contribution in [0.1, 0.15) is 0 Å². The zero-order valence-electron chi connectivity index (χ0n) is 2.39. The van der Waals surface area contributed by atoms with Crippen molar-refractivity contribution >= 4 is 39.5 Å². The van der Waals surface area contributed by atoms with Crippen LogP contribution >= 0.6 is 0 Å². The Morgan fingerprint density at radius 1 is 1.20 bits per heavy atom. The van der Waals surface area contributed by atoms with Crippen molar-refractivity contribution in [1.82, 2.24) is 0 Å². The van der Waals surface area contributed by atoms with Crippen molar-refractivity contribution < 1.29 is 0 Å². The zero-order chi connectivity index (χ0) is 4.12. The molecule has 0 atom stereocenters. The van der Waals surface area contributed by atoms with Gasteiger partial charge in [0.1, 0.15) is 0 Å². The van der Waals surface area contributed by atoms with Crippen molar-refractivity contribution in [3.63, 3.8) is 0 Å². The molecule has 0 aliphatic carbocycles. The Morgan fingerprint density at radius 2 is 1.60 bits per heavy atom. The molecular formula is CGe2N2. The topological polar surface area (TPSA) is 24.7 Å². The van der Waals surface area contributed by atoms with Crippen LogP contribution in [0.3, 0.4) is 0 Å². The summed E-state index contributed by atoms with van der Waals surface area (Å²) in [5.74, 6) is 0. The molecule has 22 valence electrons. The third-order valence-electron chi connectivity index (χ3n) is 0.100. The molecule has 0 unspecified atom stereocenters. The van der Waals surface area contributed by atoms with E-state index in [0.717, 1.165) is 0 Å². The molecule has 0 saturated carbocycles. The molecule has 0 rings (SSSR count). The van der Waals surface area contributed by atoms with Gasteiger partial charge in [0.2, 0.25) is 0 Å². The summed E-state index contributed by atoms with van der Waals surface area (Å²) < 4.78 is 6.88. The van der Waals surface area contributed by atoms with Gasteiger partial charge in [0.05, 0.1) is 0 Å². The molecule has 0 heterocycles. The maximum atomic E-state index is 3.44. The van der Waals surface area contributed by atoms with E-state index in [9.17, 15) is 0 Å². The Hall–Kier alpha value is 0.466. The number of rotatable bonds is 0. The molecule has 0 saturated heterocycles. The van der Waals surface area contributed by atoms with E-state index in [1.54, 1.807) is 33.5 Å². The maximum absolute atomic E-state index is 3.44. The normalized spacial score (nSPS) is 5.20. The van der Waals surface area contributed by atoms with E-state index in [1.165, 1.54) is 0 Å². The fraction of sp³-hybridized carbons (Fsp3) is 0. The van der Waals surface area contributed by atoms with E-state index in [1.807, 2.05) is 0 Å². The van der Waals surface area contributed by atoms with Gasteiger partial charge in [0.15, 0.2) is 0 Å². The van der Waals surface area contributed by atoms with Crippen molar-refractivity contribution in [2.75, 3.05) is 0 Å². The van der Waals surface area contributed by atoms with E-state index in [2.05, 4.69) is 13.9 Å². The van der Waals surface area contributed by atoms with Crippen molar-refractivity contribution in [1.29, 1.82) is 0 Å². The van der Waals surface area contributed by atoms with Crippen LogP contribution in [0.2, 0.25) is 0 Å². The predicted octanol–water partition coefficient (Wildman–Crippen LogP) is -0.673. The number of hydrogen-bond donors (Lipinski definition) is 0. The van der Waals surface area contributed by atoms with Crippen LogP contribution in [0.25, 0.3) is 0 Å². The Labute approximate surface area is 47.7 Å². The first kappa shape index (κ1) is 5.47. The number of hydrogen-bond acceptors (Lipinski definition) is 2. The molecule has 6 radical (unpaired) electrons. The average Bonchev–Trinajstić information content (AvgIpc) is 1.41. The van der Waals surface area contributed by atoms with Crippen molar-refractivity contribution in [3.05, 3.63) is 0 Å². The van der Waals surface area contributed by atoms with Gasteiger partial charge in [-0.1, -0.05) is 0 Å². The second-order valence-electron chi connectivity index (χ2n) is 0.324. The minimum atomic E-state index is 1.63. The van der Waals surface area contributed by atoms with Gasteiger partial charge in [0, 0.05) is 0 Å². The van der Waals surface area contributed by atoms with Crippen LogP contribution in [-0.4, -0.2) is 39.5 Å². The Bertz CT molecular complexity index is 56.0. The summed E-state index contributed by atoms with van der Waals surface area (Å²) in [4.78, 5) is 0. The molecule has 4 heteroatoms. The van der Waals surface area contributed by atoms with Gasteiger partial charge >= 0.3 is 47.4 Å². The minimum absolute atomic E-state index is 1.63. The fourth-order valence-electron chi connectivity index (χ4n) is 0.0250. The molecule has 0 fully saturated rings. The van der Waals surface area contributed by atoms with Crippen molar-refractivity contribution in [2.45, 2.75) is 0 Å². The Balaban J connectivity index is 3.26. The molecule has 0 aromatic carbocycles. The van der Waals surface area contributed by atoms with Crippen LogP contribution in [-0.2, 0) is 0 Å². The molecule has 0 aromatic heterocycles. The fourth-order valence-corrected chi connectivity index (χ4v) is 0.675. The summed E-state index contributed by atoms with van der Waals surface area (Å²) in [5.41, 5.74) is 0. The molecule has 2 nitrogen and oxygen atoms in total. The van der Waals surface area contributed by atoms with E-state index in [4.69, 9.17) is 0 Å². The van der Waals surface area contributed by atoms with E-state index >= 15 is 0 Å². The van der Waals surface area contributed by atoms with Gasteiger partial charge in [-0.25, -0.2) is 0 Å². The zero-order valence-corrected chi connectivity index (χ0v) is 6.59. The second kappa shape index (κ2) is 4.47. The van der Waals surface area contributed by atoms with Gasteiger partial charge in [-0.3, -0.25) is 0 Å². The van der Waals surface area contributed by atoms with Gasteiger partial charge in [-0.2, -0.15) is 0 Å². The summed E-state index contributed by atoms with van der Waals surface area (Å²) in [6, 6.07) is 2.36. The summed E-state index contributed by atoms with van der Waals surface area (Å²) >= 11 is 3.26. The predicted molar refractivity (Wildman–Crippen MR) is 21.4 cm³/mol. The van der Waals surface area contributed by atoms with E-state index < -0.39 is 0 Å². The van der Waals surface area contributed by atoms with Crippen LogP contribution in [0, 0.1) is 0 Å². The monoisotopic (exact) mass is 188 g/mol. The van der Waals surface area contributed by atoms with Crippen LogP contribution < -0.4 is 0 Å². The third kappa shape index (κ3) is 4.47. The third-order valence-corrected chi connectivity index (χ3v) is 0.520. The summed E-state index contributed by atoms with van der Waals surface area (Å²) in [6.07, 6.45) is 0. The standard InChI is InChI=1S/CGe2N2/c2-4-1-5-3. The van der Waals surface area contributed by atoms with Gasteiger partial charge in [-0.15, -0.1) is 0 Å². The SMILES string of the molecule is [Ge][N]=C=[N][Ge]. The van der Waals surface area contributed by atoms with E-state index in [0.29, 0.717) is 0 Å². The van der Waals surface area contributed by atoms with Gasteiger partial charge in [0.25, 0.3) is 0 Å². The summed E-state index contributed by atoms with van der Waals surface area (Å²) in [5, 5.41) is 0. The number of nitrogens with zero attached hydrogens (tertiary/aromatic N) is 2. The molecule has 0 bridgehead atoms. The van der Waals surface area contributed by atoms with Gasteiger partial charge < -0.3 is 0 Å². The Morgan fingerprint density at radius 3 is 1.60 bits per heavy atom. The van der Waals surface area contributed by atoms with Crippen LogP contribution in [0.5, 0.6) is 0 Å². The molecule has 0 spiro atoms. The molecule has 5 heavy (non-hydrogen) atoms. The summed E-state index contributed by atoms with van der Waals surface area (Å²) in [7, 11) is 0. The molecule has 0 N–H and O–H groups in total. The van der Waals surface area contributed by atoms with E-state index in [-0.39, 0.29) is 0 Å². The first-order valence-corrected chi connectivity index (χ1v) is 2.77. The van der Waals surface area contributed by atoms with Gasteiger partial charge in [-0.05, 0) is 0 Å². The molecule has 0 aromatic rings. The molecule has 0 amide bonds. The van der Waals surface area contributed by atoms with Crippen molar-refractivity contribution in [3.8, 4) is 0 Å². The first-order chi connectivity index (χ1) is 2.41. The molecule has 0 aliphatic heterocycles. The quantitative estimate of drug-likeness (QED) is 0.353. The first-order valence-electron chi connectivity index (χ1n) is 0.894. The van der Waals surface area contributed by atoms with Crippen LogP contribution in [0.15, 0.2) is 7.90 Å². The van der Waals surface area contributed by atoms with Crippen molar-refractivity contribution in [2.24, 2.45) is 7.90 Å².